The SMILES string of the molecule is CC=CCN.CCc1ccc(C2(c3ccc(N4CCCC4)cc3N)OC(=O)c3cc(N4CCCC4)ccc32)cc1. The second-order valence-corrected chi connectivity index (χ2v) is 10.8. The highest BCUT2D eigenvalue weighted by molar-refractivity contribution is 5.98. The number of carbonyl (C=O) groups excluding carboxylic acids is 1. The number of cyclic esters (lactones) is 1. The fourth-order valence-corrected chi connectivity index (χ4v) is 6.15. The van der Waals surface area contributed by atoms with E-state index in [-0.39, 0.29) is 5.97 Å². The standard InChI is InChI=1S/C30H33N3O2.C4H9N/c1-2-21-7-9-22(10-8-21)30(27-14-12-24(20-28(27)31)33-17-5-6-18-33)26-13-11-23(32-15-3-4-16-32)19-25(26)29(34)35-30;1-2-3-4-5/h7-14,19-20H,2-6,15-18,31H2,1H3;2-3H,4-5H2,1H3. The maximum atomic E-state index is 13.4. The number of ether oxygens (including phenoxy) is 1. The number of hydrogen-bond acceptors (Lipinski definition) is 6. The van der Waals surface area contributed by atoms with Crippen LogP contribution in [-0.4, -0.2) is 38.7 Å². The molecule has 6 rings (SSSR count). The van der Waals surface area contributed by atoms with Crippen molar-refractivity contribution in [3.63, 3.8) is 0 Å². The van der Waals surface area contributed by atoms with Crippen LogP contribution >= 0.6 is 0 Å². The molecule has 1 unspecified atom stereocenters. The molecule has 0 aliphatic carbocycles. The molecule has 3 aromatic rings. The highest BCUT2D eigenvalue weighted by Crippen LogP contribution is 2.50. The highest BCUT2D eigenvalue weighted by atomic mass is 16.6. The van der Waals surface area contributed by atoms with Crippen LogP contribution in [0.25, 0.3) is 0 Å². The lowest BCUT2D eigenvalue weighted by atomic mass is 9.78. The van der Waals surface area contributed by atoms with Gasteiger partial charge in [-0.2, -0.15) is 0 Å². The van der Waals surface area contributed by atoms with Gasteiger partial charge in [0, 0.05) is 66.5 Å². The van der Waals surface area contributed by atoms with Gasteiger partial charge >= 0.3 is 5.97 Å². The molecule has 0 radical (unpaired) electrons. The van der Waals surface area contributed by atoms with Crippen molar-refractivity contribution in [3.8, 4) is 0 Å². The molecule has 3 aliphatic heterocycles. The van der Waals surface area contributed by atoms with E-state index >= 15 is 0 Å². The van der Waals surface area contributed by atoms with Crippen molar-refractivity contribution in [3.05, 3.63) is 101 Å². The zero-order valence-electron chi connectivity index (χ0n) is 23.9. The quantitative estimate of drug-likeness (QED) is 0.227. The summed E-state index contributed by atoms with van der Waals surface area (Å²) in [5.74, 6) is -0.288. The van der Waals surface area contributed by atoms with Gasteiger partial charge in [0.25, 0.3) is 0 Å². The Bertz CT molecular complexity index is 1350. The smallest absolute Gasteiger partial charge is 0.340 e. The van der Waals surface area contributed by atoms with Crippen LogP contribution < -0.4 is 21.3 Å². The number of anilines is 3. The molecule has 0 aromatic heterocycles. The van der Waals surface area contributed by atoms with Gasteiger partial charge in [-0.05, 0) is 68.9 Å². The van der Waals surface area contributed by atoms with Crippen LogP contribution in [0.15, 0.2) is 72.8 Å². The molecule has 40 heavy (non-hydrogen) atoms. The lowest BCUT2D eigenvalue weighted by molar-refractivity contribution is 0.0254. The number of fused-ring (bicyclic) bond motifs is 1. The average molecular weight is 539 g/mol. The number of aryl methyl sites for hydroxylation is 1. The van der Waals surface area contributed by atoms with Crippen molar-refractivity contribution in [2.24, 2.45) is 5.73 Å². The molecule has 0 amide bonds. The van der Waals surface area contributed by atoms with E-state index in [0.29, 0.717) is 17.8 Å². The summed E-state index contributed by atoms with van der Waals surface area (Å²) in [5, 5.41) is 0. The molecule has 0 saturated carbocycles. The molecule has 6 heteroatoms. The second kappa shape index (κ2) is 12.2. The Balaban J connectivity index is 0.000000595. The van der Waals surface area contributed by atoms with Crippen molar-refractivity contribution in [1.82, 2.24) is 0 Å². The van der Waals surface area contributed by atoms with E-state index in [1.165, 1.54) is 31.2 Å². The summed E-state index contributed by atoms with van der Waals surface area (Å²) in [4.78, 5) is 18.1. The molecular weight excluding hydrogens is 496 g/mol. The first kappa shape index (κ1) is 27.8. The number of benzene rings is 3. The van der Waals surface area contributed by atoms with Crippen LogP contribution in [0.1, 0.15) is 72.1 Å². The van der Waals surface area contributed by atoms with Crippen molar-refractivity contribution < 1.29 is 9.53 Å². The van der Waals surface area contributed by atoms with Crippen LogP contribution in [0.5, 0.6) is 0 Å². The largest absolute Gasteiger partial charge is 0.440 e. The number of nitrogen functional groups attached to an aromatic ring is 1. The monoisotopic (exact) mass is 538 g/mol. The van der Waals surface area contributed by atoms with E-state index in [2.05, 4.69) is 65.3 Å². The number of nitrogens with zero attached hydrogens (tertiary/aromatic N) is 2. The first-order valence-electron chi connectivity index (χ1n) is 14.7. The van der Waals surface area contributed by atoms with E-state index < -0.39 is 5.60 Å². The Morgan fingerprint density at radius 3 is 1.93 bits per heavy atom. The van der Waals surface area contributed by atoms with Crippen LogP contribution in [0.3, 0.4) is 0 Å². The number of esters is 1. The Kier molecular flexibility index (Phi) is 8.46. The maximum Gasteiger partial charge on any atom is 0.340 e. The summed E-state index contributed by atoms with van der Waals surface area (Å²) in [7, 11) is 0. The Hall–Kier alpha value is -3.77. The minimum absolute atomic E-state index is 0.288. The van der Waals surface area contributed by atoms with E-state index in [0.717, 1.165) is 60.7 Å². The Morgan fingerprint density at radius 1 is 0.850 bits per heavy atom. The minimum atomic E-state index is -1.06. The third-order valence-corrected chi connectivity index (χ3v) is 8.35. The fourth-order valence-electron chi connectivity index (χ4n) is 6.15. The van der Waals surface area contributed by atoms with Crippen LogP contribution in [0, 0.1) is 0 Å². The van der Waals surface area contributed by atoms with Gasteiger partial charge in [0.1, 0.15) is 0 Å². The predicted octanol–water partition coefficient (Wildman–Crippen LogP) is 6.02. The lowest BCUT2D eigenvalue weighted by Crippen LogP contribution is -2.31. The topological polar surface area (TPSA) is 84.8 Å². The molecule has 1 atom stereocenters. The molecule has 3 heterocycles. The van der Waals surface area contributed by atoms with E-state index in [9.17, 15) is 4.79 Å². The van der Waals surface area contributed by atoms with Gasteiger partial charge in [0.05, 0.1) is 5.56 Å². The number of allylic oxidation sites excluding steroid dienone is 1. The third-order valence-electron chi connectivity index (χ3n) is 8.35. The summed E-state index contributed by atoms with van der Waals surface area (Å²) in [6.45, 7) is 8.93. The zero-order valence-corrected chi connectivity index (χ0v) is 23.9. The summed E-state index contributed by atoms with van der Waals surface area (Å²) >= 11 is 0. The normalized spacial score (nSPS) is 20.0. The molecule has 6 nitrogen and oxygen atoms in total. The lowest BCUT2D eigenvalue weighted by Gasteiger charge is -2.32. The Morgan fingerprint density at radius 2 is 1.43 bits per heavy atom. The number of carbonyl (C=O) groups is 1. The zero-order chi connectivity index (χ0) is 28.1. The van der Waals surface area contributed by atoms with Crippen molar-refractivity contribution in [1.29, 1.82) is 0 Å². The molecule has 210 valence electrons. The van der Waals surface area contributed by atoms with Gasteiger partial charge in [-0.3, -0.25) is 0 Å². The molecule has 3 aliphatic rings. The van der Waals surface area contributed by atoms with Crippen molar-refractivity contribution in [2.45, 2.75) is 51.6 Å². The van der Waals surface area contributed by atoms with Crippen molar-refractivity contribution >= 4 is 23.0 Å². The van der Waals surface area contributed by atoms with Crippen LogP contribution in [0.2, 0.25) is 0 Å². The van der Waals surface area contributed by atoms with Gasteiger partial charge in [0.15, 0.2) is 5.60 Å². The summed E-state index contributed by atoms with van der Waals surface area (Å²) in [5.41, 5.74) is 18.1. The molecule has 3 aromatic carbocycles. The molecule has 0 spiro atoms. The first-order valence-corrected chi connectivity index (χ1v) is 14.7. The van der Waals surface area contributed by atoms with Crippen LogP contribution in [-0.2, 0) is 16.8 Å². The molecule has 2 fully saturated rings. The van der Waals surface area contributed by atoms with E-state index in [1.807, 2.05) is 31.2 Å². The van der Waals surface area contributed by atoms with E-state index in [1.54, 1.807) is 0 Å². The van der Waals surface area contributed by atoms with E-state index in [4.69, 9.17) is 16.2 Å². The van der Waals surface area contributed by atoms with Gasteiger partial charge in [0.2, 0.25) is 0 Å². The summed E-state index contributed by atoms with van der Waals surface area (Å²) in [6, 6.07) is 20.9. The fraction of sp³-hybridized carbons (Fsp3) is 0.382. The number of rotatable bonds is 6. The first-order chi connectivity index (χ1) is 19.5. The maximum absolute atomic E-state index is 13.4. The average Bonchev–Trinajstić information content (AvgIpc) is 3.76. The highest BCUT2D eigenvalue weighted by Gasteiger charge is 2.50. The third kappa shape index (κ3) is 5.20. The molecule has 0 bridgehead atoms. The van der Waals surface area contributed by atoms with Crippen molar-refractivity contribution in [2.75, 3.05) is 48.3 Å². The van der Waals surface area contributed by atoms with Gasteiger partial charge in [-0.1, -0.05) is 55.5 Å². The predicted molar refractivity (Wildman–Crippen MR) is 165 cm³/mol. The molecule has 2 saturated heterocycles. The second-order valence-electron chi connectivity index (χ2n) is 10.8. The number of hydrogen-bond donors (Lipinski definition) is 2. The summed E-state index contributed by atoms with van der Waals surface area (Å²) in [6.07, 6.45) is 9.58. The van der Waals surface area contributed by atoms with Gasteiger partial charge in [-0.15, -0.1) is 0 Å². The minimum Gasteiger partial charge on any atom is -0.440 e. The van der Waals surface area contributed by atoms with Gasteiger partial charge < -0.3 is 26.0 Å². The van der Waals surface area contributed by atoms with Crippen LogP contribution in [0.4, 0.5) is 17.1 Å². The molecular formula is C34H42N4O2. The number of nitrogens with two attached hydrogens (primary N) is 2. The van der Waals surface area contributed by atoms with Gasteiger partial charge in [-0.25, -0.2) is 4.79 Å². The summed E-state index contributed by atoms with van der Waals surface area (Å²) < 4.78 is 6.38. The Labute approximate surface area is 238 Å². The molecule has 4 N–H and O–H groups in total.